The maximum atomic E-state index is 13.3. The molecule has 2 aliphatic heterocycles. The Labute approximate surface area is 247 Å². The first kappa shape index (κ1) is 31.4. The Balaban J connectivity index is 1.34. The second-order valence-electron chi connectivity index (χ2n) is 11.4. The summed E-state index contributed by atoms with van der Waals surface area (Å²) in [6.45, 7) is 2.50. The van der Waals surface area contributed by atoms with Gasteiger partial charge >= 0.3 is 5.97 Å². The summed E-state index contributed by atoms with van der Waals surface area (Å²) in [7, 11) is 0. The standard InChI is InChI=1S/C32H43FN4O5/c33-12-16-42-28-5-1-3-24(18-28)6-7-25-17-27(21-35-20-25)29(19-31(39)40)36-32(41)26-4-2-15-37(22-26)30(38)9-8-23-10-13-34-14-11-23/h1,3,5,17-18,20-21,23,26,29,34H,2,4,6-16,19,22H2,(H,36,41)(H,39,40)/t26-,29?/m1/s1. The van der Waals surface area contributed by atoms with Crippen LogP contribution in [0, 0.1) is 11.8 Å². The van der Waals surface area contributed by atoms with E-state index in [1.165, 1.54) is 0 Å². The summed E-state index contributed by atoms with van der Waals surface area (Å²) in [6.07, 6.45) is 9.41. The lowest BCUT2D eigenvalue weighted by molar-refractivity contribution is -0.138. The van der Waals surface area contributed by atoms with Gasteiger partial charge in [0.1, 0.15) is 19.0 Å². The molecule has 0 aliphatic carbocycles. The van der Waals surface area contributed by atoms with Gasteiger partial charge in [-0.3, -0.25) is 19.4 Å². The maximum Gasteiger partial charge on any atom is 0.305 e. The van der Waals surface area contributed by atoms with Gasteiger partial charge < -0.3 is 25.4 Å². The minimum atomic E-state index is -1.02. The molecular formula is C32H43FN4O5. The van der Waals surface area contributed by atoms with Crippen molar-refractivity contribution in [1.82, 2.24) is 20.5 Å². The summed E-state index contributed by atoms with van der Waals surface area (Å²) >= 11 is 0. The van der Waals surface area contributed by atoms with Crippen LogP contribution in [-0.4, -0.2) is 72.2 Å². The largest absolute Gasteiger partial charge is 0.491 e. The maximum absolute atomic E-state index is 13.3. The van der Waals surface area contributed by atoms with Crippen LogP contribution in [0.1, 0.15) is 67.7 Å². The van der Waals surface area contributed by atoms with Gasteiger partial charge in [0.25, 0.3) is 0 Å². The average Bonchev–Trinajstić information content (AvgIpc) is 3.02. The van der Waals surface area contributed by atoms with Crippen LogP contribution in [0.15, 0.2) is 42.7 Å². The molecule has 0 saturated carbocycles. The number of halogens is 1. The number of nitrogens with one attached hydrogen (secondary N) is 2. The average molecular weight is 583 g/mol. The van der Waals surface area contributed by atoms with E-state index in [0.29, 0.717) is 56.0 Å². The van der Waals surface area contributed by atoms with E-state index in [1.54, 1.807) is 23.4 Å². The summed E-state index contributed by atoms with van der Waals surface area (Å²) < 4.78 is 17.8. The van der Waals surface area contributed by atoms with Crippen LogP contribution in [0.2, 0.25) is 0 Å². The van der Waals surface area contributed by atoms with Gasteiger partial charge in [0.05, 0.1) is 18.4 Å². The number of carbonyl (C=O) groups excluding carboxylic acids is 2. The second kappa shape index (κ2) is 16.2. The normalized spacial score (nSPS) is 18.3. The van der Waals surface area contributed by atoms with Crippen molar-refractivity contribution in [3.8, 4) is 5.75 Å². The molecule has 2 fully saturated rings. The molecule has 1 aromatic heterocycles. The van der Waals surface area contributed by atoms with Gasteiger partial charge in [0.2, 0.25) is 11.8 Å². The number of benzene rings is 1. The fraction of sp³-hybridized carbons (Fsp3) is 0.562. The first-order chi connectivity index (χ1) is 20.4. The monoisotopic (exact) mass is 582 g/mol. The highest BCUT2D eigenvalue weighted by molar-refractivity contribution is 5.82. The molecule has 10 heteroatoms. The highest BCUT2D eigenvalue weighted by Crippen LogP contribution is 2.24. The first-order valence-corrected chi connectivity index (χ1v) is 15.1. The second-order valence-corrected chi connectivity index (χ2v) is 11.4. The van der Waals surface area contributed by atoms with Crippen LogP contribution in [0.3, 0.4) is 0 Å². The number of amides is 2. The number of piperidine rings is 2. The highest BCUT2D eigenvalue weighted by Gasteiger charge is 2.30. The molecule has 3 N–H and O–H groups in total. The van der Waals surface area contributed by atoms with Crippen LogP contribution in [0.4, 0.5) is 4.39 Å². The number of likely N-dealkylation sites (tertiary alicyclic amines) is 1. The summed E-state index contributed by atoms with van der Waals surface area (Å²) in [4.78, 5) is 44.1. The summed E-state index contributed by atoms with van der Waals surface area (Å²) in [5.74, 6) is -0.329. The Bertz CT molecular complexity index is 1190. The highest BCUT2D eigenvalue weighted by atomic mass is 19.1. The number of alkyl halides is 1. The summed E-state index contributed by atoms with van der Waals surface area (Å²) in [6, 6.07) is 8.67. The smallest absolute Gasteiger partial charge is 0.305 e. The molecule has 3 heterocycles. The molecule has 2 saturated heterocycles. The quantitative estimate of drug-likeness (QED) is 0.309. The molecule has 0 bridgehead atoms. The molecule has 228 valence electrons. The van der Waals surface area contributed by atoms with E-state index in [9.17, 15) is 23.9 Å². The first-order valence-electron chi connectivity index (χ1n) is 15.1. The van der Waals surface area contributed by atoms with Crippen LogP contribution in [-0.2, 0) is 27.2 Å². The van der Waals surface area contributed by atoms with Crippen LogP contribution < -0.4 is 15.4 Å². The number of carbonyl (C=O) groups is 3. The van der Waals surface area contributed by atoms with E-state index in [0.717, 1.165) is 49.9 Å². The molecule has 1 aromatic carbocycles. The molecule has 1 unspecified atom stereocenters. The van der Waals surface area contributed by atoms with E-state index in [4.69, 9.17) is 4.74 Å². The zero-order valence-corrected chi connectivity index (χ0v) is 24.2. The van der Waals surface area contributed by atoms with Gasteiger partial charge in [0.15, 0.2) is 0 Å². The van der Waals surface area contributed by atoms with E-state index < -0.39 is 18.7 Å². The number of rotatable bonds is 14. The zero-order chi connectivity index (χ0) is 29.7. The number of pyridine rings is 1. The SMILES string of the molecule is O=C(O)CC(NC(=O)[C@@H]1CCCN(C(=O)CCC2CCNCC2)C1)c1cncc(CCc2cccc(OCCF)c2)c1. The summed E-state index contributed by atoms with van der Waals surface area (Å²) in [5, 5.41) is 15.9. The number of ether oxygens (including phenoxy) is 1. The van der Waals surface area contributed by atoms with E-state index in [-0.39, 0.29) is 30.8 Å². The van der Waals surface area contributed by atoms with Crippen molar-refractivity contribution >= 4 is 17.8 Å². The third kappa shape index (κ3) is 9.79. The zero-order valence-electron chi connectivity index (χ0n) is 24.2. The topological polar surface area (TPSA) is 121 Å². The van der Waals surface area contributed by atoms with Crippen molar-refractivity contribution < 1.29 is 28.6 Å². The van der Waals surface area contributed by atoms with Crippen molar-refractivity contribution in [2.75, 3.05) is 39.5 Å². The number of aliphatic carboxylic acids is 1. The number of hydrogen-bond acceptors (Lipinski definition) is 6. The van der Waals surface area contributed by atoms with Crippen LogP contribution in [0.25, 0.3) is 0 Å². The van der Waals surface area contributed by atoms with Gasteiger partial charge in [-0.25, -0.2) is 4.39 Å². The lowest BCUT2D eigenvalue weighted by Gasteiger charge is -2.33. The fourth-order valence-corrected chi connectivity index (χ4v) is 5.86. The van der Waals surface area contributed by atoms with Crippen molar-refractivity contribution in [2.45, 2.75) is 63.8 Å². The molecule has 2 aliphatic rings. The minimum absolute atomic E-state index is 0.0137. The Morgan fingerprint density at radius 2 is 1.93 bits per heavy atom. The van der Waals surface area contributed by atoms with E-state index >= 15 is 0 Å². The predicted octanol–water partition coefficient (Wildman–Crippen LogP) is 3.87. The number of hydrogen-bond donors (Lipinski definition) is 3. The molecular weight excluding hydrogens is 539 g/mol. The Kier molecular flexibility index (Phi) is 12.1. The molecule has 4 rings (SSSR count). The van der Waals surface area contributed by atoms with Gasteiger partial charge in [-0.05, 0) is 92.8 Å². The number of aryl methyl sites for hydroxylation is 2. The lowest BCUT2D eigenvalue weighted by Crippen LogP contribution is -2.46. The summed E-state index contributed by atoms with van der Waals surface area (Å²) in [5.41, 5.74) is 2.57. The van der Waals surface area contributed by atoms with E-state index in [2.05, 4.69) is 15.6 Å². The molecule has 2 aromatic rings. The molecule has 2 atom stereocenters. The molecule has 9 nitrogen and oxygen atoms in total. The van der Waals surface area contributed by atoms with Crippen LogP contribution in [0.5, 0.6) is 5.75 Å². The molecule has 0 spiro atoms. The van der Waals surface area contributed by atoms with Gasteiger partial charge in [-0.15, -0.1) is 0 Å². The molecule has 42 heavy (non-hydrogen) atoms. The van der Waals surface area contributed by atoms with Crippen molar-refractivity contribution in [3.63, 3.8) is 0 Å². The number of aromatic nitrogens is 1. The minimum Gasteiger partial charge on any atom is -0.491 e. The van der Waals surface area contributed by atoms with Gasteiger partial charge in [0, 0.05) is 31.9 Å². The van der Waals surface area contributed by atoms with E-state index in [1.807, 2.05) is 24.3 Å². The number of nitrogens with zero attached hydrogens (tertiary/aromatic N) is 2. The third-order valence-corrected chi connectivity index (χ3v) is 8.23. The Hall–Kier alpha value is -3.53. The fourth-order valence-electron chi connectivity index (χ4n) is 5.86. The molecule has 2 amide bonds. The van der Waals surface area contributed by atoms with Gasteiger partial charge in [-0.2, -0.15) is 0 Å². The Morgan fingerprint density at radius 3 is 2.71 bits per heavy atom. The van der Waals surface area contributed by atoms with Gasteiger partial charge in [-0.1, -0.05) is 18.2 Å². The number of carboxylic acids is 1. The number of carboxylic acid groups (broad SMARTS) is 1. The Morgan fingerprint density at radius 1 is 1.12 bits per heavy atom. The van der Waals surface area contributed by atoms with Crippen LogP contribution >= 0.6 is 0 Å². The third-order valence-electron chi connectivity index (χ3n) is 8.23. The predicted molar refractivity (Wildman–Crippen MR) is 157 cm³/mol. The lowest BCUT2D eigenvalue weighted by atomic mass is 9.92. The van der Waals surface area contributed by atoms with Crippen molar-refractivity contribution in [1.29, 1.82) is 0 Å². The molecule has 0 radical (unpaired) electrons. The van der Waals surface area contributed by atoms with Crippen molar-refractivity contribution in [2.24, 2.45) is 11.8 Å². The van der Waals surface area contributed by atoms with Crippen molar-refractivity contribution in [3.05, 3.63) is 59.4 Å².